The monoisotopic (exact) mass is 356 g/mol. The molecule has 0 radical (unpaired) electrons. The summed E-state index contributed by atoms with van der Waals surface area (Å²) in [4.78, 5) is 0. The molecule has 0 aromatic heterocycles. The van der Waals surface area contributed by atoms with E-state index in [-0.39, 0.29) is 23.7 Å². The summed E-state index contributed by atoms with van der Waals surface area (Å²) in [6, 6.07) is 0. The van der Waals surface area contributed by atoms with E-state index in [9.17, 15) is 5.11 Å². The van der Waals surface area contributed by atoms with Crippen LogP contribution in [-0.4, -0.2) is 11.7 Å². The van der Waals surface area contributed by atoms with Crippen molar-refractivity contribution in [3.05, 3.63) is 61.9 Å². The van der Waals surface area contributed by atoms with E-state index in [2.05, 4.69) is 34.6 Å². The maximum Gasteiger partial charge on any atom is 2.00 e. The molecule has 0 saturated carbocycles. The first-order chi connectivity index (χ1) is 10.2. The van der Waals surface area contributed by atoms with Gasteiger partial charge in [0.15, 0.2) is 0 Å². The van der Waals surface area contributed by atoms with Gasteiger partial charge in [-0.05, 0) is 48.6 Å². The van der Waals surface area contributed by atoms with Gasteiger partial charge in [-0.1, -0.05) is 34.6 Å². The van der Waals surface area contributed by atoms with Gasteiger partial charge in [0.2, 0.25) is 0 Å². The molecule has 128 valence electrons. The van der Waals surface area contributed by atoms with E-state index in [0.717, 1.165) is 34.1 Å². The number of rotatable bonds is 1. The van der Waals surface area contributed by atoms with Crippen LogP contribution in [0.4, 0.5) is 0 Å². The van der Waals surface area contributed by atoms with Gasteiger partial charge in [-0.3, -0.25) is 0 Å². The summed E-state index contributed by atoms with van der Waals surface area (Å²) in [7, 11) is 0. The second-order valence-electron chi connectivity index (χ2n) is 6.17. The average Bonchev–Trinajstić information content (AvgIpc) is 2.81. The zero-order valence-electron chi connectivity index (χ0n) is 15.5. The van der Waals surface area contributed by atoms with Crippen molar-refractivity contribution in [2.75, 3.05) is 6.61 Å². The molecular weight excluding hydrogens is 328 g/mol. The Kier molecular flexibility index (Phi) is 8.20. The van der Waals surface area contributed by atoms with Crippen LogP contribution in [0.5, 0.6) is 0 Å². The Morgan fingerprint density at radius 1 is 0.870 bits per heavy atom. The third kappa shape index (κ3) is 4.03. The van der Waals surface area contributed by atoms with Crippen LogP contribution >= 0.6 is 0 Å². The minimum atomic E-state index is 0. The molecule has 0 saturated heterocycles. The summed E-state index contributed by atoms with van der Waals surface area (Å²) in [5.74, 6) is 0. The number of allylic oxidation sites excluding steroid dienone is 3. The number of hydrogen-bond donors (Lipinski definition) is 1. The fraction of sp³-hybridized carbons (Fsp3) is 0.450. The van der Waals surface area contributed by atoms with Crippen molar-refractivity contribution in [3.63, 3.8) is 0 Å². The SMILES string of the molecule is CC1=C(C)C(CO)=C(C)C1=C[O-].Cc1c(C)c(C)[c-](C)c1C.[Fe+2]. The summed E-state index contributed by atoms with van der Waals surface area (Å²) in [5, 5.41) is 19.7. The summed E-state index contributed by atoms with van der Waals surface area (Å²) >= 11 is 0. The van der Waals surface area contributed by atoms with E-state index in [1.807, 2.05) is 20.8 Å². The van der Waals surface area contributed by atoms with E-state index in [4.69, 9.17) is 5.11 Å². The first-order valence-corrected chi connectivity index (χ1v) is 7.69. The van der Waals surface area contributed by atoms with Gasteiger partial charge in [-0.2, -0.15) is 27.8 Å². The van der Waals surface area contributed by atoms with E-state index in [1.54, 1.807) is 0 Å². The molecule has 1 aromatic rings. The van der Waals surface area contributed by atoms with Gasteiger partial charge in [-0.25, -0.2) is 0 Å². The average molecular weight is 356 g/mol. The van der Waals surface area contributed by atoms with Crippen molar-refractivity contribution in [2.45, 2.75) is 55.4 Å². The topological polar surface area (TPSA) is 43.3 Å². The Balaban J connectivity index is 0.000000409. The number of aliphatic hydroxyl groups is 1. The molecule has 0 aliphatic heterocycles. The Labute approximate surface area is 151 Å². The molecule has 23 heavy (non-hydrogen) atoms. The van der Waals surface area contributed by atoms with Gasteiger partial charge in [0.05, 0.1) is 6.61 Å². The van der Waals surface area contributed by atoms with Crippen molar-refractivity contribution >= 4 is 0 Å². The van der Waals surface area contributed by atoms with E-state index >= 15 is 0 Å². The fourth-order valence-electron chi connectivity index (χ4n) is 2.97. The third-order valence-electron chi connectivity index (χ3n) is 5.36. The van der Waals surface area contributed by atoms with Crippen molar-refractivity contribution in [1.82, 2.24) is 0 Å². The van der Waals surface area contributed by atoms with Crippen molar-refractivity contribution in [3.8, 4) is 0 Å². The van der Waals surface area contributed by atoms with Gasteiger partial charge in [0, 0.05) is 0 Å². The molecule has 1 N–H and O–H groups in total. The van der Waals surface area contributed by atoms with Gasteiger partial charge in [0.1, 0.15) is 0 Å². The molecule has 3 heteroatoms. The molecule has 2 nitrogen and oxygen atoms in total. The fourth-order valence-corrected chi connectivity index (χ4v) is 2.97. The Hall–Kier alpha value is -1.15. The second kappa shape index (κ2) is 8.63. The van der Waals surface area contributed by atoms with Crippen molar-refractivity contribution < 1.29 is 27.3 Å². The van der Waals surface area contributed by atoms with Gasteiger partial charge >= 0.3 is 17.1 Å². The molecule has 0 atom stereocenters. The zero-order valence-corrected chi connectivity index (χ0v) is 16.6. The van der Waals surface area contributed by atoms with Crippen LogP contribution in [0.25, 0.3) is 0 Å². The van der Waals surface area contributed by atoms with Gasteiger partial charge in [0.25, 0.3) is 0 Å². The first kappa shape index (κ1) is 21.8. The van der Waals surface area contributed by atoms with E-state index < -0.39 is 0 Å². The molecule has 0 heterocycles. The zero-order chi connectivity index (χ0) is 17.2. The van der Waals surface area contributed by atoms with Crippen LogP contribution in [0.3, 0.4) is 0 Å². The first-order valence-electron chi connectivity index (χ1n) is 7.69. The van der Waals surface area contributed by atoms with Gasteiger partial charge in [-0.15, -0.1) is 6.26 Å². The number of aliphatic hydroxyl groups excluding tert-OH is 1. The summed E-state index contributed by atoms with van der Waals surface area (Å²) in [6.07, 6.45) is 0.858. The summed E-state index contributed by atoms with van der Waals surface area (Å²) < 4.78 is 0. The molecule has 0 unspecified atom stereocenters. The standard InChI is InChI=1S/C10H14O2.C10H15.Fe/c1-6-7(2)10(5-12)8(3)9(6)4-11;1-6-7(2)9(4)10(5)8(6)3;/h4,11-12H,5H2,1-3H3;1-5H3;/q;-1;+2/p-1. The third-order valence-corrected chi connectivity index (χ3v) is 5.36. The molecule has 0 amide bonds. The molecular formula is C20H28FeO2. The maximum atomic E-state index is 10.6. The molecule has 1 aliphatic rings. The molecule has 0 fully saturated rings. The van der Waals surface area contributed by atoms with Crippen LogP contribution in [-0.2, 0) is 17.1 Å². The predicted molar refractivity (Wildman–Crippen MR) is 92.0 cm³/mol. The minimum absolute atomic E-state index is 0. The Bertz CT molecular complexity index is 590. The van der Waals surface area contributed by atoms with Crippen LogP contribution in [0.1, 0.15) is 48.6 Å². The van der Waals surface area contributed by atoms with Gasteiger partial charge < -0.3 is 10.2 Å². The molecule has 0 spiro atoms. The molecule has 2 rings (SSSR count). The largest absolute Gasteiger partial charge is 2.00 e. The Morgan fingerprint density at radius 2 is 1.30 bits per heavy atom. The molecule has 1 aromatic carbocycles. The molecule has 0 bridgehead atoms. The number of hydrogen-bond acceptors (Lipinski definition) is 2. The van der Waals surface area contributed by atoms with E-state index in [0.29, 0.717) is 0 Å². The summed E-state index contributed by atoms with van der Waals surface area (Å²) in [5.41, 5.74) is 11.9. The quantitative estimate of drug-likeness (QED) is 0.472. The summed E-state index contributed by atoms with van der Waals surface area (Å²) in [6.45, 7) is 16.7. The van der Waals surface area contributed by atoms with E-state index in [1.165, 1.54) is 27.8 Å². The Morgan fingerprint density at radius 3 is 1.48 bits per heavy atom. The minimum Gasteiger partial charge on any atom is -0.877 e. The van der Waals surface area contributed by atoms with Crippen molar-refractivity contribution in [2.24, 2.45) is 0 Å². The second-order valence-corrected chi connectivity index (χ2v) is 6.17. The maximum absolute atomic E-state index is 10.6. The van der Waals surface area contributed by atoms with Crippen molar-refractivity contribution in [1.29, 1.82) is 0 Å². The van der Waals surface area contributed by atoms with Crippen LogP contribution in [0.2, 0.25) is 0 Å². The smallest absolute Gasteiger partial charge is 0.877 e. The predicted octanol–water partition coefficient (Wildman–Crippen LogP) is 3.83. The normalized spacial score (nSPS) is 15.8. The van der Waals surface area contributed by atoms with Crippen LogP contribution in [0, 0.1) is 34.6 Å². The van der Waals surface area contributed by atoms with Crippen LogP contribution < -0.4 is 5.11 Å². The molecule has 1 aliphatic carbocycles. The van der Waals surface area contributed by atoms with Crippen LogP contribution in [0.15, 0.2) is 34.1 Å².